The van der Waals surface area contributed by atoms with E-state index in [1.807, 2.05) is 19.0 Å². The van der Waals surface area contributed by atoms with Crippen molar-refractivity contribution < 1.29 is 19.4 Å². The highest BCUT2D eigenvalue weighted by Crippen LogP contribution is 2.18. The summed E-state index contributed by atoms with van der Waals surface area (Å²) in [7, 11) is 3.99. The van der Waals surface area contributed by atoms with Crippen LogP contribution in [0.25, 0.3) is 0 Å². The van der Waals surface area contributed by atoms with Gasteiger partial charge in [0.1, 0.15) is 11.6 Å². The highest BCUT2D eigenvalue weighted by atomic mass is 32.2. The summed E-state index contributed by atoms with van der Waals surface area (Å²) in [5.74, 6) is 0.371. The Hall–Kier alpha value is -1.89. The highest BCUT2D eigenvalue weighted by Gasteiger charge is 2.23. The van der Waals surface area contributed by atoms with E-state index in [1.54, 1.807) is 32.5 Å². The Balaban J connectivity index is 2.40. The van der Waals surface area contributed by atoms with Gasteiger partial charge < -0.3 is 20.1 Å². The fourth-order valence-corrected chi connectivity index (χ4v) is 2.96. The van der Waals surface area contributed by atoms with Crippen LogP contribution in [0.3, 0.4) is 0 Å². The number of nitrogens with zero attached hydrogens (tertiary/aromatic N) is 1. The average Bonchev–Trinajstić information content (AvgIpc) is 2.48. The molecule has 7 heteroatoms. The van der Waals surface area contributed by atoms with Gasteiger partial charge in [-0.05, 0) is 50.6 Å². The normalized spacial score (nSPS) is 12.4. The van der Waals surface area contributed by atoms with E-state index in [0.717, 1.165) is 11.4 Å². The highest BCUT2D eigenvalue weighted by molar-refractivity contribution is 7.98. The summed E-state index contributed by atoms with van der Waals surface area (Å²) >= 11 is 1.64. The van der Waals surface area contributed by atoms with Crippen molar-refractivity contribution in [3.63, 3.8) is 0 Å². The van der Waals surface area contributed by atoms with Gasteiger partial charge in [-0.15, -0.1) is 0 Å². The lowest BCUT2D eigenvalue weighted by molar-refractivity contribution is -0.139. The molecule has 0 unspecified atom stereocenters. The molecule has 0 aliphatic heterocycles. The molecule has 0 saturated carbocycles. The number of anilines is 1. The standard InChI is InChI=1S/C18H28N2O4S/c1-18(2,3)24-17(23)19-15(16(21)22)10-11-25-12-13-6-8-14(9-7-13)20(4)5/h6-9,15H,10-12H2,1-5H3,(H,19,23)(H,21,22)/t15-/m0/s1. The summed E-state index contributed by atoms with van der Waals surface area (Å²) in [6, 6.07) is 7.30. The van der Waals surface area contributed by atoms with Crippen molar-refractivity contribution in [1.82, 2.24) is 5.32 Å². The summed E-state index contributed by atoms with van der Waals surface area (Å²) in [5, 5.41) is 11.6. The molecule has 0 spiro atoms. The number of thioether (sulfide) groups is 1. The Kier molecular flexibility index (Phi) is 8.09. The minimum atomic E-state index is -1.05. The molecular formula is C18H28N2O4S. The SMILES string of the molecule is CN(C)c1ccc(CSCC[C@H](NC(=O)OC(C)(C)C)C(=O)O)cc1. The third-order valence-electron chi connectivity index (χ3n) is 3.26. The van der Waals surface area contributed by atoms with E-state index in [0.29, 0.717) is 12.2 Å². The van der Waals surface area contributed by atoms with E-state index in [4.69, 9.17) is 4.74 Å². The van der Waals surface area contributed by atoms with Crippen molar-refractivity contribution in [2.45, 2.75) is 44.6 Å². The molecule has 1 aromatic rings. The molecule has 0 heterocycles. The molecule has 0 aliphatic carbocycles. The van der Waals surface area contributed by atoms with Crippen LogP contribution in [-0.4, -0.2) is 48.7 Å². The number of aliphatic carboxylic acids is 1. The average molecular weight is 368 g/mol. The summed E-state index contributed by atoms with van der Waals surface area (Å²) in [5.41, 5.74) is 1.67. The van der Waals surface area contributed by atoms with E-state index in [9.17, 15) is 14.7 Å². The maximum absolute atomic E-state index is 11.7. The number of carboxylic acid groups (broad SMARTS) is 1. The van der Waals surface area contributed by atoms with Gasteiger partial charge in [0.15, 0.2) is 0 Å². The van der Waals surface area contributed by atoms with Crippen LogP contribution in [0.5, 0.6) is 0 Å². The molecule has 0 aliphatic rings. The Bertz CT molecular complexity index is 567. The lowest BCUT2D eigenvalue weighted by Gasteiger charge is -2.22. The third-order valence-corrected chi connectivity index (χ3v) is 4.32. The van der Waals surface area contributed by atoms with Gasteiger partial charge in [0.05, 0.1) is 0 Å². The Morgan fingerprint density at radius 2 is 1.84 bits per heavy atom. The second kappa shape index (κ2) is 9.56. The predicted molar refractivity (Wildman–Crippen MR) is 102 cm³/mol. The van der Waals surface area contributed by atoms with Crippen LogP contribution < -0.4 is 10.2 Å². The number of nitrogens with one attached hydrogen (secondary N) is 1. The molecule has 1 atom stereocenters. The van der Waals surface area contributed by atoms with Crippen molar-refractivity contribution >= 4 is 29.5 Å². The Labute approximate surface area is 153 Å². The number of hydrogen-bond acceptors (Lipinski definition) is 5. The largest absolute Gasteiger partial charge is 0.480 e. The van der Waals surface area contributed by atoms with Gasteiger partial charge in [-0.25, -0.2) is 9.59 Å². The van der Waals surface area contributed by atoms with Gasteiger partial charge in [0.25, 0.3) is 0 Å². The smallest absolute Gasteiger partial charge is 0.408 e. The molecule has 0 fully saturated rings. The number of amides is 1. The van der Waals surface area contributed by atoms with Crippen LogP contribution in [0, 0.1) is 0 Å². The molecule has 1 rings (SSSR count). The molecule has 0 bridgehead atoms. The molecule has 2 N–H and O–H groups in total. The number of carbonyl (C=O) groups excluding carboxylic acids is 1. The predicted octanol–water partition coefficient (Wildman–Crippen LogP) is 3.35. The number of hydrogen-bond donors (Lipinski definition) is 2. The monoisotopic (exact) mass is 368 g/mol. The fourth-order valence-electron chi connectivity index (χ4n) is 1.99. The van der Waals surface area contributed by atoms with Crippen LogP contribution in [-0.2, 0) is 15.3 Å². The number of alkyl carbamates (subject to hydrolysis) is 1. The van der Waals surface area contributed by atoms with E-state index < -0.39 is 23.7 Å². The first-order valence-corrected chi connectivity index (χ1v) is 9.30. The maximum atomic E-state index is 11.7. The van der Waals surface area contributed by atoms with Gasteiger partial charge in [-0.2, -0.15) is 11.8 Å². The number of rotatable bonds is 8. The van der Waals surface area contributed by atoms with Crippen LogP contribution in [0.15, 0.2) is 24.3 Å². The molecule has 1 amide bonds. The Morgan fingerprint density at radius 1 is 1.24 bits per heavy atom. The lowest BCUT2D eigenvalue weighted by atomic mass is 10.2. The first-order chi connectivity index (χ1) is 11.6. The zero-order valence-electron chi connectivity index (χ0n) is 15.5. The van der Waals surface area contributed by atoms with Gasteiger partial charge in [-0.3, -0.25) is 0 Å². The zero-order valence-corrected chi connectivity index (χ0v) is 16.4. The molecule has 6 nitrogen and oxygen atoms in total. The topological polar surface area (TPSA) is 78.9 Å². The molecule has 1 aromatic carbocycles. The third kappa shape index (κ3) is 8.67. The second-order valence-corrected chi connectivity index (χ2v) is 8.04. The van der Waals surface area contributed by atoms with Crippen molar-refractivity contribution in [3.05, 3.63) is 29.8 Å². The molecule has 140 valence electrons. The molecule has 0 radical (unpaired) electrons. The van der Waals surface area contributed by atoms with Crippen molar-refractivity contribution in [2.75, 3.05) is 24.7 Å². The van der Waals surface area contributed by atoms with Gasteiger partial charge in [0, 0.05) is 25.5 Å². The van der Waals surface area contributed by atoms with Gasteiger partial charge in [0.2, 0.25) is 0 Å². The summed E-state index contributed by atoms with van der Waals surface area (Å²) < 4.78 is 5.10. The van der Waals surface area contributed by atoms with Gasteiger partial charge >= 0.3 is 12.1 Å². The number of benzene rings is 1. The summed E-state index contributed by atoms with van der Waals surface area (Å²) in [6.45, 7) is 5.21. The summed E-state index contributed by atoms with van der Waals surface area (Å²) in [6.07, 6.45) is -0.362. The van der Waals surface area contributed by atoms with Crippen LogP contribution in [0.4, 0.5) is 10.5 Å². The number of ether oxygens (including phenoxy) is 1. The Morgan fingerprint density at radius 3 is 2.32 bits per heavy atom. The fraction of sp³-hybridized carbons (Fsp3) is 0.556. The number of carbonyl (C=O) groups is 2. The first-order valence-electron chi connectivity index (χ1n) is 8.15. The molecule has 0 aromatic heterocycles. The van der Waals surface area contributed by atoms with E-state index in [1.165, 1.54) is 5.56 Å². The van der Waals surface area contributed by atoms with Crippen molar-refractivity contribution in [3.8, 4) is 0 Å². The second-order valence-electron chi connectivity index (χ2n) is 6.94. The molecule has 0 saturated heterocycles. The van der Waals surface area contributed by atoms with E-state index >= 15 is 0 Å². The van der Waals surface area contributed by atoms with Crippen molar-refractivity contribution in [2.24, 2.45) is 0 Å². The van der Waals surface area contributed by atoms with Gasteiger partial charge in [-0.1, -0.05) is 12.1 Å². The van der Waals surface area contributed by atoms with Crippen molar-refractivity contribution in [1.29, 1.82) is 0 Å². The van der Waals surface area contributed by atoms with Crippen LogP contribution in [0.1, 0.15) is 32.8 Å². The zero-order chi connectivity index (χ0) is 19.0. The van der Waals surface area contributed by atoms with Crippen LogP contribution in [0.2, 0.25) is 0 Å². The maximum Gasteiger partial charge on any atom is 0.408 e. The number of carboxylic acids is 1. The van der Waals surface area contributed by atoms with E-state index in [-0.39, 0.29) is 0 Å². The van der Waals surface area contributed by atoms with Crippen LogP contribution >= 0.6 is 11.8 Å². The minimum absolute atomic E-state index is 0.342. The molecule has 25 heavy (non-hydrogen) atoms. The minimum Gasteiger partial charge on any atom is -0.480 e. The lowest BCUT2D eigenvalue weighted by Crippen LogP contribution is -2.43. The summed E-state index contributed by atoms with van der Waals surface area (Å²) in [4.78, 5) is 25.0. The first kappa shape index (κ1) is 21.2. The quantitative estimate of drug-likeness (QED) is 0.685. The van der Waals surface area contributed by atoms with E-state index in [2.05, 4.69) is 29.6 Å². The molecular weight excluding hydrogens is 340 g/mol.